The Morgan fingerprint density at radius 1 is 1.03 bits per heavy atom. The van der Waals surface area contributed by atoms with Gasteiger partial charge < -0.3 is 15.1 Å². The summed E-state index contributed by atoms with van der Waals surface area (Å²) in [5, 5.41) is 13.6. The van der Waals surface area contributed by atoms with Crippen molar-refractivity contribution in [3.05, 3.63) is 69.8 Å². The summed E-state index contributed by atoms with van der Waals surface area (Å²) in [5.41, 5.74) is 1.34. The minimum atomic E-state index is -0.504. The molecule has 2 aliphatic rings. The number of nitro benzene ring substituents is 1. The fourth-order valence-corrected chi connectivity index (χ4v) is 4.54. The molecule has 0 spiro atoms. The standard InChI is InChI=1S/C25H30N4O4/c1-2-14-27-15-12-22(13-16-27)28(21-10-11-21)25(31)19-4-3-5-20(17-19)26-24(30)18-6-8-23(9-7-18)29(32)33/h3-9,17,21-22H,2,10-16H2,1H3,(H,26,30). The van der Waals surface area contributed by atoms with E-state index in [4.69, 9.17) is 0 Å². The third-order valence-electron chi connectivity index (χ3n) is 6.37. The van der Waals surface area contributed by atoms with E-state index < -0.39 is 4.92 Å². The van der Waals surface area contributed by atoms with Crippen molar-refractivity contribution in [1.82, 2.24) is 9.80 Å². The van der Waals surface area contributed by atoms with Crippen LogP contribution in [0.15, 0.2) is 48.5 Å². The van der Waals surface area contributed by atoms with Gasteiger partial charge in [0.1, 0.15) is 0 Å². The van der Waals surface area contributed by atoms with Crippen molar-refractivity contribution in [2.24, 2.45) is 0 Å². The molecule has 0 aromatic heterocycles. The zero-order valence-electron chi connectivity index (χ0n) is 18.9. The molecule has 1 aliphatic heterocycles. The number of rotatable bonds is 8. The minimum Gasteiger partial charge on any atom is -0.333 e. The molecule has 2 fully saturated rings. The maximum atomic E-state index is 13.5. The number of nitro groups is 1. The van der Waals surface area contributed by atoms with Gasteiger partial charge in [0.25, 0.3) is 17.5 Å². The smallest absolute Gasteiger partial charge is 0.269 e. The number of non-ortho nitro benzene ring substituents is 1. The van der Waals surface area contributed by atoms with Gasteiger partial charge in [-0.15, -0.1) is 0 Å². The van der Waals surface area contributed by atoms with Crippen molar-refractivity contribution in [3.63, 3.8) is 0 Å². The normalized spacial score (nSPS) is 16.9. The Morgan fingerprint density at radius 2 is 1.70 bits per heavy atom. The number of nitrogens with one attached hydrogen (secondary N) is 1. The van der Waals surface area contributed by atoms with Gasteiger partial charge in [-0.05, 0) is 69.0 Å². The summed E-state index contributed by atoms with van der Waals surface area (Å²) < 4.78 is 0. The second kappa shape index (κ2) is 10.1. The van der Waals surface area contributed by atoms with E-state index in [9.17, 15) is 19.7 Å². The van der Waals surface area contributed by atoms with Crippen molar-refractivity contribution >= 4 is 23.2 Å². The number of amides is 2. The number of carbonyl (C=O) groups excluding carboxylic acids is 2. The van der Waals surface area contributed by atoms with Gasteiger partial charge in [0.2, 0.25) is 0 Å². The second-order valence-corrected chi connectivity index (χ2v) is 8.86. The number of anilines is 1. The Morgan fingerprint density at radius 3 is 2.30 bits per heavy atom. The van der Waals surface area contributed by atoms with Gasteiger partial charge in [-0.2, -0.15) is 0 Å². The average molecular weight is 451 g/mol. The van der Waals surface area contributed by atoms with E-state index in [1.54, 1.807) is 24.3 Å². The van der Waals surface area contributed by atoms with Crippen molar-refractivity contribution < 1.29 is 14.5 Å². The highest BCUT2D eigenvalue weighted by molar-refractivity contribution is 6.05. The zero-order chi connectivity index (χ0) is 23.4. The Hall–Kier alpha value is -3.26. The SMILES string of the molecule is CCCN1CCC(N(C(=O)c2cccc(NC(=O)c3ccc([N+](=O)[O-])cc3)c2)C2CC2)CC1. The van der Waals surface area contributed by atoms with Crippen LogP contribution in [0.3, 0.4) is 0 Å². The molecule has 0 atom stereocenters. The molecule has 1 heterocycles. The fourth-order valence-electron chi connectivity index (χ4n) is 4.54. The first kappa shape index (κ1) is 22.9. The lowest BCUT2D eigenvalue weighted by molar-refractivity contribution is -0.384. The molecule has 174 valence electrons. The summed E-state index contributed by atoms with van der Waals surface area (Å²) >= 11 is 0. The zero-order valence-corrected chi connectivity index (χ0v) is 18.9. The maximum absolute atomic E-state index is 13.5. The number of hydrogen-bond donors (Lipinski definition) is 1. The molecule has 33 heavy (non-hydrogen) atoms. The van der Waals surface area contributed by atoms with Gasteiger partial charge in [-0.1, -0.05) is 13.0 Å². The van der Waals surface area contributed by atoms with Crippen LogP contribution in [0.4, 0.5) is 11.4 Å². The van der Waals surface area contributed by atoms with Gasteiger partial charge in [0, 0.05) is 54.1 Å². The highest BCUT2D eigenvalue weighted by atomic mass is 16.6. The van der Waals surface area contributed by atoms with E-state index >= 15 is 0 Å². The summed E-state index contributed by atoms with van der Waals surface area (Å²) in [6, 6.07) is 13.0. The summed E-state index contributed by atoms with van der Waals surface area (Å²) in [5.74, 6) is -0.352. The van der Waals surface area contributed by atoms with Crippen LogP contribution < -0.4 is 5.32 Å². The summed E-state index contributed by atoms with van der Waals surface area (Å²) in [6.07, 6.45) is 5.25. The Kier molecular flexibility index (Phi) is 7.03. The number of likely N-dealkylation sites (tertiary alicyclic amines) is 1. The lowest BCUT2D eigenvalue weighted by atomic mass is 10.0. The summed E-state index contributed by atoms with van der Waals surface area (Å²) in [7, 11) is 0. The molecule has 1 aliphatic carbocycles. The van der Waals surface area contributed by atoms with Crippen molar-refractivity contribution in [1.29, 1.82) is 0 Å². The number of carbonyl (C=O) groups is 2. The van der Waals surface area contributed by atoms with Gasteiger partial charge in [0.15, 0.2) is 0 Å². The van der Waals surface area contributed by atoms with Crippen LogP contribution in [0.1, 0.15) is 59.7 Å². The second-order valence-electron chi connectivity index (χ2n) is 8.86. The molecule has 1 saturated heterocycles. The molecule has 2 amide bonds. The van der Waals surface area contributed by atoms with E-state index in [0.717, 1.165) is 51.7 Å². The molecule has 4 rings (SSSR count). The molecule has 8 nitrogen and oxygen atoms in total. The Balaban J connectivity index is 1.44. The lowest BCUT2D eigenvalue weighted by Gasteiger charge is -2.39. The number of piperidine rings is 1. The maximum Gasteiger partial charge on any atom is 0.269 e. The third kappa shape index (κ3) is 5.57. The molecular weight excluding hydrogens is 420 g/mol. The number of nitrogens with zero attached hydrogens (tertiary/aromatic N) is 3. The molecule has 2 aromatic carbocycles. The lowest BCUT2D eigenvalue weighted by Crippen LogP contribution is -2.48. The van der Waals surface area contributed by atoms with Crippen LogP contribution in [-0.4, -0.2) is 58.3 Å². The fraction of sp³-hybridized carbons (Fsp3) is 0.440. The van der Waals surface area contributed by atoms with Crippen LogP contribution in [0, 0.1) is 10.1 Å². The summed E-state index contributed by atoms with van der Waals surface area (Å²) in [6.45, 7) is 5.36. The first-order valence-corrected chi connectivity index (χ1v) is 11.7. The monoisotopic (exact) mass is 450 g/mol. The van der Waals surface area contributed by atoms with Crippen LogP contribution >= 0.6 is 0 Å². The predicted octanol–water partition coefficient (Wildman–Crippen LogP) is 4.33. The third-order valence-corrected chi connectivity index (χ3v) is 6.37. The van der Waals surface area contributed by atoms with E-state index in [0.29, 0.717) is 22.9 Å². The molecule has 0 unspecified atom stereocenters. The molecule has 8 heteroatoms. The number of hydrogen-bond acceptors (Lipinski definition) is 5. The van der Waals surface area contributed by atoms with Crippen LogP contribution in [0.5, 0.6) is 0 Å². The minimum absolute atomic E-state index is 0.0258. The number of benzene rings is 2. The van der Waals surface area contributed by atoms with Crippen molar-refractivity contribution in [3.8, 4) is 0 Å². The van der Waals surface area contributed by atoms with Crippen molar-refractivity contribution in [2.75, 3.05) is 25.0 Å². The van der Waals surface area contributed by atoms with Gasteiger partial charge in [-0.25, -0.2) is 0 Å². The average Bonchev–Trinajstić information content (AvgIpc) is 3.66. The quantitative estimate of drug-likeness (QED) is 0.477. The van der Waals surface area contributed by atoms with E-state index in [1.807, 2.05) is 0 Å². The van der Waals surface area contributed by atoms with E-state index in [2.05, 4.69) is 22.0 Å². The molecule has 1 N–H and O–H groups in total. The molecule has 1 saturated carbocycles. The van der Waals surface area contributed by atoms with Crippen LogP contribution in [-0.2, 0) is 0 Å². The van der Waals surface area contributed by atoms with Crippen LogP contribution in [0.25, 0.3) is 0 Å². The first-order chi connectivity index (χ1) is 16.0. The summed E-state index contributed by atoms with van der Waals surface area (Å²) in [4.78, 5) is 40.9. The van der Waals surface area contributed by atoms with Gasteiger partial charge in [0.05, 0.1) is 4.92 Å². The van der Waals surface area contributed by atoms with Crippen molar-refractivity contribution in [2.45, 2.75) is 51.1 Å². The molecule has 0 radical (unpaired) electrons. The van der Waals surface area contributed by atoms with Gasteiger partial charge in [-0.3, -0.25) is 19.7 Å². The highest BCUT2D eigenvalue weighted by Gasteiger charge is 2.38. The van der Waals surface area contributed by atoms with Crippen LogP contribution in [0.2, 0.25) is 0 Å². The predicted molar refractivity (Wildman–Crippen MR) is 126 cm³/mol. The van der Waals surface area contributed by atoms with E-state index in [-0.39, 0.29) is 23.5 Å². The Labute approximate surface area is 193 Å². The molecular formula is C25H30N4O4. The largest absolute Gasteiger partial charge is 0.333 e. The van der Waals surface area contributed by atoms with E-state index in [1.165, 1.54) is 24.3 Å². The highest BCUT2D eigenvalue weighted by Crippen LogP contribution is 2.33. The molecule has 2 aromatic rings. The first-order valence-electron chi connectivity index (χ1n) is 11.7. The van der Waals surface area contributed by atoms with Gasteiger partial charge >= 0.3 is 0 Å². The molecule has 0 bridgehead atoms. The topological polar surface area (TPSA) is 95.8 Å². The Bertz CT molecular complexity index is 1010.